The van der Waals surface area contributed by atoms with Crippen molar-refractivity contribution in [3.8, 4) is 0 Å². The smallest absolute Gasteiger partial charge is 0.234 e. The van der Waals surface area contributed by atoms with Gasteiger partial charge in [-0.25, -0.2) is 4.98 Å². The van der Waals surface area contributed by atoms with Gasteiger partial charge in [0.15, 0.2) is 0 Å². The summed E-state index contributed by atoms with van der Waals surface area (Å²) in [5.74, 6) is 0.0259. The summed E-state index contributed by atoms with van der Waals surface area (Å²) in [6.07, 6.45) is 2.15. The molecule has 4 rings (SSSR count). The molecule has 1 N–H and O–H groups in total. The van der Waals surface area contributed by atoms with Gasteiger partial charge in [0.2, 0.25) is 5.91 Å². The van der Waals surface area contributed by atoms with Crippen molar-refractivity contribution in [2.75, 3.05) is 13.1 Å². The van der Waals surface area contributed by atoms with E-state index in [2.05, 4.69) is 16.3 Å². The molecule has 1 amide bonds. The Kier molecular flexibility index (Phi) is 5.20. The predicted octanol–water partition coefficient (Wildman–Crippen LogP) is 4.40. The fourth-order valence-electron chi connectivity index (χ4n) is 3.40. The zero-order chi connectivity index (χ0) is 17.9. The van der Waals surface area contributed by atoms with E-state index in [9.17, 15) is 4.79 Å². The molecule has 1 aliphatic rings. The van der Waals surface area contributed by atoms with E-state index in [0.29, 0.717) is 18.1 Å². The molecule has 6 heteroatoms. The number of halogens is 1. The second kappa shape index (κ2) is 7.74. The Morgan fingerprint density at radius 1 is 1.23 bits per heavy atom. The molecule has 0 saturated carbocycles. The summed E-state index contributed by atoms with van der Waals surface area (Å²) in [5.41, 5.74) is 1.98. The molecular formula is C20H20ClN3OS. The van der Waals surface area contributed by atoms with Gasteiger partial charge in [0.05, 0.1) is 22.8 Å². The van der Waals surface area contributed by atoms with E-state index in [1.165, 1.54) is 4.70 Å². The number of thiazole rings is 1. The molecule has 2 heterocycles. The minimum Gasteiger partial charge on any atom is -0.351 e. The number of likely N-dealkylation sites (tertiary alicyclic amines) is 1. The van der Waals surface area contributed by atoms with Crippen LogP contribution in [0.25, 0.3) is 10.2 Å². The molecule has 26 heavy (non-hydrogen) atoms. The van der Waals surface area contributed by atoms with Gasteiger partial charge < -0.3 is 5.32 Å². The highest BCUT2D eigenvalue weighted by Gasteiger charge is 2.29. The number of aromatic nitrogens is 1. The van der Waals surface area contributed by atoms with Crippen molar-refractivity contribution >= 4 is 39.1 Å². The Hall–Kier alpha value is -1.95. The summed E-state index contributed by atoms with van der Waals surface area (Å²) in [7, 11) is 0. The predicted molar refractivity (Wildman–Crippen MR) is 106 cm³/mol. The van der Waals surface area contributed by atoms with Crippen LogP contribution in [0.5, 0.6) is 0 Å². The molecule has 134 valence electrons. The summed E-state index contributed by atoms with van der Waals surface area (Å²) in [6, 6.07) is 16.0. The first kappa shape index (κ1) is 17.5. The third-order valence-electron chi connectivity index (χ3n) is 4.74. The number of carbonyl (C=O) groups excluding carboxylic acids is 1. The van der Waals surface area contributed by atoms with Crippen molar-refractivity contribution in [2.24, 2.45) is 0 Å². The third-order valence-corrected chi connectivity index (χ3v) is 6.25. The summed E-state index contributed by atoms with van der Waals surface area (Å²) in [4.78, 5) is 19.4. The summed E-state index contributed by atoms with van der Waals surface area (Å²) < 4.78 is 1.21. The molecule has 0 aliphatic carbocycles. The van der Waals surface area contributed by atoms with Gasteiger partial charge in [-0.3, -0.25) is 9.69 Å². The first-order chi connectivity index (χ1) is 12.7. The van der Waals surface area contributed by atoms with Crippen LogP contribution in [0.2, 0.25) is 5.02 Å². The number of benzene rings is 2. The molecule has 0 radical (unpaired) electrons. The van der Waals surface area contributed by atoms with E-state index in [0.717, 1.165) is 35.5 Å². The topological polar surface area (TPSA) is 45.2 Å². The van der Waals surface area contributed by atoms with Gasteiger partial charge >= 0.3 is 0 Å². The van der Waals surface area contributed by atoms with Crippen molar-refractivity contribution < 1.29 is 4.79 Å². The summed E-state index contributed by atoms with van der Waals surface area (Å²) >= 11 is 7.89. The maximum atomic E-state index is 12.4. The highest BCUT2D eigenvalue weighted by Crippen LogP contribution is 2.36. The number of fused-ring (bicyclic) bond motifs is 1. The molecule has 1 atom stereocenters. The average Bonchev–Trinajstić information content (AvgIpc) is 3.27. The number of hydrogen-bond donors (Lipinski definition) is 1. The molecule has 3 aromatic rings. The van der Waals surface area contributed by atoms with Crippen LogP contribution in [-0.4, -0.2) is 28.9 Å². The van der Waals surface area contributed by atoms with Crippen LogP contribution >= 0.6 is 22.9 Å². The first-order valence-corrected chi connectivity index (χ1v) is 10.00. The van der Waals surface area contributed by atoms with Crippen LogP contribution in [0.4, 0.5) is 0 Å². The van der Waals surface area contributed by atoms with E-state index in [1.807, 2.05) is 42.5 Å². The fraction of sp³-hybridized carbons (Fsp3) is 0.300. The first-order valence-electron chi connectivity index (χ1n) is 8.80. The lowest BCUT2D eigenvalue weighted by Crippen LogP contribution is -2.36. The van der Waals surface area contributed by atoms with Crippen LogP contribution < -0.4 is 5.32 Å². The van der Waals surface area contributed by atoms with Crippen LogP contribution in [-0.2, 0) is 11.3 Å². The minimum atomic E-state index is 0.0259. The fourth-order valence-corrected chi connectivity index (χ4v) is 4.74. The lowest BCUT2D eigenvalue weighted by Gasteiger charge is -2.22. The van der Waals surface area contributed by atoms with Crippen LogP contribution in [0.3, 0.4) is 0 Å². The Balaban J connectivity index is 1.40. The zero-order valence-corrected chi connectivity index (χ0v) is 15.9. The lowest BCUT2D eigenvalue weighted by atomic mass is 10.2. The highest BCUT2D eigenvalue weighted by molar-refractivity contribution is 7.18. The minimum absolute atomic E-state index is 0.0259. The average molecular weight is 386 g/mol. The molecule has 1 aromatic heterocycles. The Morgan fingerprint density at radius 3 is 2.88 bits per heavy atom. The van der Waals surface area contributed by atoms with Crippen LogP contribution in [0, 0.1) is 0 Å². The number of amides is 1. The Morgan fingerprint density at radius 2 is 2.04 bits per heavy atom. The van der Waals surface area contributed by atoms with Gasteiger partial charge in [0.25, 0.3) is 0 Å². The molecule has 4 nitrogen and oxygen atoms in total. The maximum Gasteiger partial charge on any atom is 0.234 e. The van der Waals surface area contributed by atoms with E-state index in [4.69, 9.17) is 16.6 Å². The van der Waals surface area contributed by atoms with Gasteiger partial charge in [-0.15, -0.1) is 11.3 Å². The van der Waals surface area contributed by atoms with Crippen molar-refractivity contribution in [3.63, 3.8) is 0 Å². The molecule has 0 spiro atoms. The number of nitrogens with zero attached hydrogens (tertiary/aromatic N) is 2. The monoisotopic (exact) mass is 385 g/mol. The van der Waals surface area contributed by atoms with Gasteiger partial charge in [-0.05, 0) is 43.1 Å². The van der Waals surface area contributed by atoms with Crippen molar-refractivity contribution in [3.05, 3.63) is 64.1 Å². The summed E-state index contributed by atoms with van der Waals surface area (Å²) in [5, 5.41) is 4.78. The Labute approximate surface area is 161 Å². The largest absolute Gasteiger partial charge is 0.351 e. The Bertz CT molecular complexity index is 893. The number of para-hydroxylation sites is 1. The SMILES string of the molecule is O=C(CN1CCCC1c1nc2ccccc2s1)NCc1ccccc1Cl. The van der Waals surface area contributed by atoms with Crippen LogP contribution in [0.1, 0.15) is 29.5 Å². The van der Waals surface area contributed by atoms with Crippen molar-refractivity contribution in [2.45, 2.75) is 25.4 Å². The van der Waals surface area contributed by atoms with Crippen LogP contribution in [0.15, 0.2) is 48.5 Å². The molecule has 2 aromatic carbocycles. The van der Waals surface area contributed by atoms with E-state index in [1.54, 1.807) is 11.3 Å². The normalized spacial score (nSPS) is 17.7. The zero-order valence-electron chi connectivity index (χ0n) is 14.3. The molecule has 1 saturated heterocycles. The standard InChI is InChI=1S/C20H20ClN3OS/c21-15-7-2-1-6-14(15)12-22-19(25)13-24-11-5-9-17(24)20-23-16-8-3-4-10-18(16)26-20/h1-4,6-8,10,17H,5,9,11-13H2,(H,22,25). The highest BCUT2D eigenvalue weighted by atomic mass is 35.5. The quantitative estimate of drug-likeness (QED) is 0.707. The van der Waals surface area contributed by atoms with Gasteiger partial charge in [0, 0.05) is 11.6 Å². The summed E-state index contributed by atoms with van der Waals surface area (Å²) in [6.45, 7) is 1.78. The van der Waals surface area contributed by atoms with Crippen molar-refractivity contribution in [1.29, 1.82) is 0 Å². The van der Waals surface area contributed by atoms with E-state index in [-0.39, 0.29) is 11.9 Å². The number of carbonyl (C=O) groups is 1. The third kappa shape index (κ3) is 3.75. The van der Waals surface area contributed by atoms with Gasteiger partial charge in [0.1, 0.15) is 5.01 Å². The van der Waals surface area contributed by atoms with E-state index >= 15 is 0 Å². The van der Waals surface area contributed by atoms with Gasteiger partial charge in [-0.1, -0.05) is 41.9 Å². The molecule has 1 unspecified atom stereocenters. The molecule has 0 bridgehead atoms. The van der Waals surface area contributed by atoms with Crippen molar-refractivity contribution in [1.82, 2.24) is 15.2 Å². The van der Waals surface area contributed by atoms with E-state index < -0.39 is 0 Å². The lowest BCUT2D eigenvalue weighted by molar-refractivity contribution is -0.122. The molecule has 1 fully saturated rings. The second-order valence-electron chi connectivity index (χ2n) is 6.52. The van der Waals surface area contributed by atoms with Gasteiger partial charge in [-0.2, -0.15) is 0 Å². The number of hydrogen-bond acceptors (Lipinski definition) is 4. The molecular weight excluding hydrogens is 366 g/mol. The number of nitrogens with one attached hydrogen (secondary N) is 1. The maximum absolute atomic E-state index is 12.4. The number of rotatable bonds is 5. The molecule has 1 aliphatic heterocycles. The second-order valence-corrected chi connectivity index (χ2v) is 7.99.